The summed E-state index contributed by atoms with van der Waals surface area (Å²) in [5, 5.41) is 2.84. The maximum absolute atomic E-state index is 11.9. The number of hydrogen-bond donors (Lipinski definition) is 1. The number of esters is 1. The van der Waals surface area contributed by atoms with Crippen molar-refractivity contribution in [1.82, 2.24) is 10.2 Å². The second-order valence-electron chi connectivity index (χ2n) is 4.63. The zero-order valence-electron chi connectivity index (χ0n) is 11.2. The number of ether oxygens (including phenoxy) is 1. The van der Waals surface area contributed by atoms with Crippen molar-refractivity contribution in [1.29, 1.82) is 0 Å². The SMILES string of the molecule is COC(=O)[C@H]1CCCN1CC(=O)NCc1ccc(Cl)s1. The van der Waals surface area contributed by atoms with Gasteiger partial charge in [-0.05, 0) is 31.5 Å². The molecule has 0 bridgehead atoms. The average molecular weight is 317 g/mol. The fraction of sp³-hybridized carbons (Fsp3) is 0.538. The van der Waals surface area contributed by atoms with Crippen LogP contribution in [0.4, 0.5) is 0 Å². The Balaban J connectivity index is 1.80. The van der Waals surface area contributed by atoms with E-state index in [4.69, 9.17) is 16.3 Å². The number of hydrogen-bond acceptors (Lipinski definition) is 5. The molecule has 1 N–H and O–H groups in total. The molecular formula is C13H17ClN2O3S. The van der Waals surface area contributed by atoms with E-state index in [2.05, 4.69) is 5.32 Å². The van der Waals surface area contributed by atoms with Crippen molar-refractivity contribution in [2.45, 2.75) is 25.4 Å². The van der Waals surface area contributed by atoms with Crippen LogP contribution in [0.25, 0.3) is 0 Å². The summed E-state index contributed by atoms with van der Waals surface area (Å²) in [4.78, 5) is 26.4. The first-order valence-electron chi connectivity index (χ1n) is 6.43. The molecule has 1 fully saturated rings. The predicted octanol–water partition coefficient (Wildman–Crippen LogP) is 1.66. The number of carbonyl (C=O) groups is 2. The standard InChI is InChI=1S/C13H17ClN2O3S/c1-19-13(18)10-3-2-6-16(10)8-12(17)15-7-9-4-5-11(14)20-9/h4-5,10H,2-3,6-8H2,1H3,(H,15,17)/t10-/m1/s1. The van der Waals surface area contributed by atoms with Crippen LogP contribution in [-0.4, -0.2) is 43.0 Å². The smallest absolute Gasteiger partial charge is 0.323 e. The number of carbonyl (C=O) groups excluding carboxylic acids is 2. The Labute approximate surface area is 126 Å². The molecule has 1 aromatic rings. The summed E-state index contributed by atoms with van der Waals surface area (Å²) < 4.78 is 5.46. The van der Waals surface area contributed by atoms with Gasteiger partial charge in [0.05, 0.1) is 24.5 Å². The Bertz CT molecular complexity index is 492. The summed E-state index contributed by atoms with van der Waals surface area (Å²) >= 11 is 7.27. The monoisotopic (exact) mass is 316 g/mol. The van der Waals surface area contributed by atoms with Gasteiger partial charge in [0.25, 0.3) is 0 Å². The summed E-state index contributed by atoms with van der Waals surface area (Å²) in [7, 11) is 1.37. The van der Waals surface area contributed by atoms with Gasteiger partial charge >= 0.3 is 5.97 Å². The molecule has 0 aliphatic carbocycles. The molecule has 1 aliphatic rings. The Morgan fingerprint density at radius 2 is 2.35 bits per heavy atom. The van der Waals surface area contributed by atoms with E-state index in [1.54, 1.807) is 0 Å². The number of halogens is 1. The van der Waals surface area contributed by atoms with E-state index in [9.17, 15) is 9.59 Å². The third-order valence-corrected chi connectivity index (χ3v) is 4.50. The normalized spacial score (nSPS) is 19.0. The van der Waals surface area contributed by atoms with E-state index in [0.717, 1.165) is 24.3 Å². The van der Waals surface area contributed by atoms with Gasteiger partial charge in [-0.15, -0.1) is 11.3 Å². The van der Waals surface area contributed by atoms with Crippen LogP contribution in [0.2, 0.25) is 4.34 Å². The van der Waals surface area contributed by atoms with Gasteiger partial charge in [0.2, 0.25) is 5.91 Å². The Morgan fingerprint density at radius 1 is 1.55 bits per heavy atom. The first kappa shape index (κ1) is 15.3. The zero-order chi connectivity index (χ0) is 14.5. The second kappa shape index (κ2) is 7.06. The van der Waals surface area contributed by atoms with Crippen LogP contribution >= 0.6 is 22.9 Å². The van der Waals surface area contributed by atoms with Crippen molar-refractivity contribution < 1.29 is 14.3 Å². The van der Waals surface area contributed by atoms with Crippen LogP contribution in [0.15, 0.2) is 12.1 Å². The van der Waals surface area contributed by atoms with E-state index in [1.807, 2.05) is 17.0 Å². The molecule has 0 saturated carbocycles. The Hall–Kier alpha value is -1.11. The van der Waals surface area contributed by atoms with E-state index in [0.29, 0.717) is 10.9 Å². The predicted molar refractivity (Wildman–Crippen MR) is 77.8 cm³/mol. The lowest BCUT2D eigenvalue weighted by molar-refractivity contribution is -0.146. The summed E-state index contributed by atoms with van der Waals surface area (Å²) in [5.41, 5.74) is 0. The molecule has 1 aromatic heterocycles. The molecule has 2 heterocycles. The van der Waals surface area contributed by atoms with Gasteiger partial charge < -0.3 is 10.1 Å². The number of nitrogens with one attached hydrogen (secondary N) is 1. The van der Waals surface area contributed by atoms with E-state index in [1.165, 1.54) is 18.4 Å². The van der Waals surface area contributed by atoms with Gasteiger partial charge in [-0.2, -0.15) is 0 Å². The maximum atomic E-state index is 11.9. The fourth-order valence-corrected chi connectivity index (χ4v) is 3.32. The molecule has 0 unspecified atom stereocenters. The zero-order valence-corrected chi connectivity index (χ0v) is 12.8. The average Bonchev–Trinajstić information content (AvgIpc) is 3.04. The van der Waals surface area contributed by atoms with Crippen molar-refractivity contribution in [3.05, 3.63) is 21.3 Å². The summed E-state index contributed by atoms with van der Waals surface area (Å²) in [6, 6.07) is 3.41. The molecule has 1 aliphatic heterocycles. The van der Waals surface area contributed by atoms with Gasteiger partial charge in [0.15, 0.2) is 0 Å². The van der Waals surface area contributed by atoms with Crippen molar-refractivity contribution in [3.8, 4) is 0 Å². The molecule has 2 rings (SSSR count). The Morgan fingerprint density at radius 3 is 3.00 bits per heavy atom. The number of methoxy groups -OCH3 is 1. The number of likely N-dealkylation sites (tertiary alicyclic amines) is 1. The summed E-state index contributed by atoms with van der Waals surface area (Å²) in [6.07, 6.45) is 1.66. The van der Waals surface area contributed by atoms with Gasteiger partial charge in [0.1, 0.15) is 6.04 Å². The van der Waals surface area contributed by atoms with Crippen LogP contribution in [0, 0.1) is 0 Å². The third kappa shape index (κ3) is 3.94. The van der Waals surface area contributed by atoms with Crippen LogP contribution in [0.5, 0.6) is 0 Å². The van der Waals surface area contributed by atoms with Crippen LogP contribution < -0.4 is 5.32 Å². The highest BCUT2D eigenvalue weighted by atomic mass is 35.5. The molecule has 5 nitrogen and oxygen atoms in total. The molecule has 0 aromatic carbocycles. The second-order valence-corrected chi connectivity index (χ2v) is 6.43. The molecule has 7 heteroatoms. The lowest BCUT2D eigenvalue weighted by Gasteiger charge is -2.21. The highest BCUT2D eigenvalue weighted by Crippen LogP contribution is 2.21. The highest BCUT2D eigenvalue weighted by Gasteiger charge is 2.32. The number of rotatable bonds is 5. The van der Waals surface area contributed by atoms with Crippen LogP contribution in [0.3, 0.4) is 0 Å². The van der Waals surface area contributed by atoms with Crippen molar-refractivity contribution in [2.24, 2.45) is 0 Å². The van der Waals surface area contributed by atoms with Gasteiger partial charge in [-0.25, -0.2) is 0 Å². The molecule has 0 spiro atoms. The van der Waals surface area contributed by atoms with E-state index < -0.39 is 0 Å². The molecule has 110 valence electrons. The quantitative estimate of drug-likeness (QED) is 0.839. The third-order valence-electron chi connectivity index (χ3n) is 3.27. The van der Waals surface area contributed by atoms with Gasteiger partial charge in [-0.3, -0.25) is 14.5 Å². The maximum Gasteiger partial charge on any atom is 0.323 e. The largest absolute Gasteiger partial charge is 0.468 e. The number of amides is 1. The molecule has 20 heavy (non-hydrogen) atoms. The highest BCUT2D eigenvalue weighted by molar-refractivity contribution is 7.16. The van der Waals surface area contributed by atoms with Crippen molar-refractivity contribution in [2.75, 3.05) is 20.2 Å². The summed E-state index contributed by atoms with van der Waals surface area (Å²) in [6.45, 7) is 1.43. The minimum absolute atomic E-state index is 0.0923. The topological polar surface area (TPSA) is 58.6 Å². The van der Waals surface area contributed by atoms with Gasteiger partial charge in [0, 0.05) is 4.88 Å². The number of nitrogens with zero attached hydrogens (tertiary/aromatic N) is 1. The molecule has 0 radical (unpaired) electrons. The first-order chi connectivity index (χ1) is 9.60. The number of thiophene rings is 1. The summed E-state index contributed by atoms with van der Waals surface area (Å²) in [5.74, 6) is -0.356. The van der Waals surface area contributed by atoms with E-state index >= 15 is 0 Å². The fourth-order valence-electron chi connectivity index (χ4n) is 2.29. The van der Waals surface area contributed by atoms with Crippen molar-refractivity contribution >= 4 is 34.8 Å². The molecule has 1 amide bonds. The van der Waals surface area contributed by atoms with E-state index in [-0.39, 0.29) is 24.5 Å². The molecule has 1 saturated heterocycles. The lowest BCUT2D eigenvalue weighted by atomic mass is 10.2. The first-order valence-corrected chi connectivity index (χ1v) is 7.62. The Kier molecular flexibility index (Phi) is 5.39. The lowest BCUT2D eigenvalue weighted by Crippen LogP contribution is -2.43. The van der Waals surface area contributed by atoms with Crippen molar-refractivity contribution in [3.63, 3.8) is 0 Å². The van der Waals surface area contributed by atoms with Crippen LogP contribution in [-0.2, 0) is 20.9 Å². The molecule has 1 atom stereocenters. The molecular weight excluding hydrogens is 300 g/mol. The minimum atomic E-state index is -0.290. The minimum Gasteiger partial charge on any atom is -0.468 e. The van der Waals surface area contributed by atoms with Crippen LogP contribution in [0.1, 0.15) is 17.7 Å². The van der Waals surface area contributed by atoms with Gasteiger partial charge in [-0.1, -0.05) is 11.6 Å².